The Morgan fingerprint density at radius 1 is 0.967 bits per heavy atom. The maximum Gasteiger partial charge on any atom is 0.234 e. The van der Waals surface area contributed by atoms with Crippen molar-refractivity contribution < 1.29 is 9.59 Å². The highest BCUT2D eigenvalue weighted by Crippen LogP contribution is 2.21. The van der Waals surface area contributed by atoms with E-state index in [0.29, 0.717) is 11.4 Å². The summed E-state index contributed by atoms with van der Waals surface area (Å²) in [5, 5.41) is 10.8. The predicted octanol–water partition coefficient (Wildman–Crippen LogP) is 4.09. The molecule has 0 spiro atoms. The first-order valence-electron chi connectivity index (χ1n) is 9.29. The topological polar surface area (TPSA) is 88.4 Å². The lowest BCUT2D eigenvalue weighted by molar-refractivity contribution is -0.114. The third kappa shape index (κ3) is 4.84. The summed E-state index contributed by atoms with van der Waals surface area (Å²) in [4.78, 5) is 28.1. The van der Waals surface area contributed by atoms with Gasteiger partial charge in [0.25, 0.3) is 0 Å². The molecule has 4 aromatic rings. The van der Waals surface area contributed by atoms with Gasteiger partial charge in [0.2, 0.25) is 11.8 Å². The quantitative estimate of drug-likeness (QED) is 0.462. The Morgan fingerprint density at radius 2 is 1.73 bits per heavy atom. The van der Waals surface area contributed by atoms with Gasteiger partial charge in [-0.2, -0.15) is 5.10 Å². The first-order chi connectivity index (χ1) is 14.6. The molecule has 0 saturated heterocycles. The van der Waals surface area contributed by atoms with Gasteiger partial charge in [0.1, 0.15) is 5.03 Å². The monoisotopic (exact) mass is 417 g/mol. The van der Waals surface area contributed by atoms with Crippen LogP contribution < -0.4 is 10.6 Å². The fourth-order valence-electron chi connectivity index (χ4n) is 2.90. The number of benzene rings is 2. The first-order valence-corrected chi connectivity index (χ1v) is 10.3. The molecule has 0 aliphatic carbocycles. The van der Waals surface area contributed by atoms with Gasteiger partial charge in [-0.3, -0.25) is 9.59 Å². The summed E-state index contributed by atoms with van der Waals surface area (Å²) >= 11 is 1.34. The van der Waals surface area contributed by atoms with Gasteiger partial charge in [0, 0.05) is 23.9 Å². The molecule has 0 saturated carbocycles. The number of carbonyl (C=O) groups is 2. The number of hydrogen-bond acceptors (Lipinski definition) is 5. The van der Waals surface area contributed by atoms with Crippen molar-refractivity contribution in [2.45, 2.75) is 11.9 Å². The molecule has 2 amide bonds. The summed E-state index contributed by atoms with van der Waals surface area (Å²) in [6, 6.07) is 20.7. The van der Waals surface area contributed by atoms with Crippen LogP contribution in [0, 0.1) is 0 Å². The smallest absolute Gasteiger partial charge is 0.234 e. The highest BCUT2D eigenvalue weighted by molar-refractivity contribution is 7.99. The molecule has 7 nitrogen and oxygen atoms in total. The molecular formula is C22H19N5O2S. The number of anilines is 2. The third-order valence-corrected chi connectivity index (χ3v) is 5.10. The van der Waals surface area contributed by atoms with Crippen LogP contribution in [0.25, 0.3) is 16.9 Å². The van der Waals surface area contributed by atoms with Crippen molar-refractivity contribution in [3.8, 4) is 11.3 Å². The molecule has 0 fully saturated rings. The summed E-state index contributed by atoms with van der Waals surface area (Å²) in [7, 11) is 0. The van der Waals surface area contributed by atoms with Crippen molar-refractivity contribution in [2.24, 2.45) is 0 Å². The van der Waals surface area contributed by atoms with Gasteiger partial charge in [0.05, 0.1) is 17.6 Å². The van der Waals surface area contributed by atoms with Crippen LogP contribution in [-0.2, 0) is 9.59 Å². The summed E-state index contributed by atoms with van der Waals surface area (Å²) in [6.45, 7) is 1.44. The molecule has 0 bridgehead atoms. The first kappa shape index (κ1) is 19.7. The second kappa shape index (κ2) is 8.79. The van der Waals surface area contributed by atoms with Crippen molar-refractivity contribution in [1.29, 1.82) is 0 Å². The number of rotatable bonds is 6. The summed E-state index contributed by atoms with van der Waals surface area (Å²) < 4.78 is 1.72. The minimum atomic E-state index is -0.162. The fourth-order valence-corrected chi connectivity index (χ4v) is 3.57. The zero-order valence-corrected chi connectivity index (χ0v) is 17.0. The van der Waals surface area contributed by atoms with Crippen LogP contribution >= 0.6 is 11.8 Å². The molecule has 2 aromatic heterocycles. The van der Waals surface area contributed by atoms with Gasteiger partial charge < -0.3 is 10.6 Å². The summed E-state index contributed by atoms with van der Waals surface area (Å²) in [5.41, 5.74) is 3.88. The minimum Gasteiger partial charge on any atom is -0.326 e. The number of imidazole rings is 1. The highest BCUT2D eigenvalue weighted by atomic mass is 32.2. The molecule has 0 radical (unpaired) electrons. The van der Waals surface area contributed by atoms with E-state index in [0.717, 1.165) is 21.9 Å². The SMILES string of the molecule is CC(=O)Nc1cccc(NC(=O)CSc2ccc3nc(-c4ccccc4)cn3n2)c1. The minimum absolute atomic E-state index is 0.155. The highest BCUT2D eigenvalue weighted by Gasteiger charge is 2.09. The number of hydrogen-bond donors (Lipinski definition) is 2. The lowest BCUT2D eigenvalue weighted by Crippen LogP contribution is -2.14. The molecule has 0 atom stereocenters. The Labute approximate surface area is 177 Å². The van der Waals surface area contributed by atoms with Crippen LogP contribution in [0.1, 0.15) is 6.92 Å². The number of nitrogens with one attached hydrogen (secondary N) is 2. The van der Waals surface area contributed by atoms with Crippen LogP contribution in [-0.4, -0.2) is 32.2 Å². The molecule has 2 heterocycles. The average Bonchev–Trinajstić information content (AvgIpc) is 3.16. The van der Waals surface area contributed by atoms with Gasteiger partial charge in [0.15, 0.2) is 5.65 Å². The van der Waals surface area contributed by atoms with Gasteiger partial charge in [-0.1, -0.05) is 48.2 Å². The van der Waals surface area contributed by atoms with Crippen molar-refractivity contribution >= 4 is 40.6 Å². The van der Waals surface area contributed by atoms with E-state index >= 15 is 0 Å². The van der Waals surface area contributed by atoms with Gasteiger partial charge in [-0.05, 0) is 30.3 Å². The molecule has 4 rings (SSSR count). The zero-order valence-electron chi connectivity index (χ0n) is 16.2. The van der Waals surface area contributed by atoms with E-state index in [2.05, 4.69) is 20.7 Å². The molecular weight excluding hydrogens is 398 g/mol. The second-order valence-electron chi connectivity index (χ2n) is 6.57. The molecule has 0 aliphatic heterocycles. The third-order valence-electron chi connectivity index (χ3n) is 4.18. The lowest BCUT2D eigenvalue weighted by Gasteiger charge is -2.07. The van der Waals surface area contributed by atoms with Crippen LogP contribution in [0.3, 0.4) is 0 Å². The van der Waals surface area contributed by atoms with E-state index in [9.17, 15) is 9.59 Å². The van der Waals surface area contributed by atoms with Gasteiger partial charge >= 0.3 is 0 Å². The molecule has 150 valence electrons. The van der Waals surface area contributed by atoms with Crippen molar-refractivity contribution in [1.82, 2.24) is 14.6 Å². The maximum atomic E-state index is 12.3. The Morgan fingerprint density at radius 3 is 2.50 bits per heavy atom. The van der Waals surface area contributed by atoms with E-state index < -0.39 is 0 Å². The van der Waals surface area contributed by atoms with E-state index in [-0.39, 0.29) is 17.6 Å². The Kier molecular flexibility index (Phi) is 5.76. The standard InChI is InChI=1S/C22H19N5O2S/c1-15(28)23-17-8-5-9-18(12-17)24-21(29)14-30-22-11-10-20-25-19(13-27(20)26-22)16-6-3-2-4-7-16/h2-13H,14H2,1H3,(H,23,28)(H,24,29). The Hall–Kier alpha value is -3.65. The largest absolute Gasteiger partial charge is 0.326 e. The number of nitrogens with zero attached hydrogens (tertiary/aromatic N) is 3. The summed E-state index contributed by atoms with van der Waals surface area (Å²) in [5.74, 6) is -0.105. The van der Waals surface area contributed by atoms with Crippen LogP contribution in [0.15, 0.2) is 78.0 Å². The van der Waals surface area contributed by atoms with Crippen molar-refractivity contribution in [3.05, 3.63) is 72.9 Å². The molecule has 2 N–H and O–H groups in total. The molecule has 8 heteroatoms. The number of carbonyl (C=O) groups excluding carboxylic acids is 2. The van der Waals surface area contributed by atoms with E-state index in [1.807, 2.05) is 48.7 Å². The van der Waals surface area contributed by atoms with Crippen molar-refractivity contribution in [2.75, 3.05) is 16.4 Å². The number of amides is 2. The van der Waals surface area contributed by atoms with Crippen LogP contribution in [0.4, 0.5) is 11.4 Å². The normalized spacial score (nSPS) is 10.7. The number of aromatic nitrogens is 3. The fraction of sp³-hybridized carbons (Fsp3) is 0.0909. The van der Waals surface area contributed by atoms with Gasteiger partial charge in [-0.15, -0.1) is 0 Å². The Balaban J connectivity index is 1.39. The van der Waals surface area contributed by atoms with E-state index in [4.69, 9.17) is 0 Å². The van der Waals surface area contributed by atoms with Crippen LogP contribution in [0.2, 0.25) is 0 Å². The van der Waals surface area contributed by atoms with E-state index in [1.54, 1.807) is 28.8 Å². The van der Waals surface area contributed by atoms with Crippen LogP contribution in [0.5, 0.6) is 0 Å². The van der Waals surface area contributed by atoms with Crippen molar-refractivity contribution in [3.63, 3.8) is 0 Å². The Bertz CT molecular complexity index is 1210. The number of fused-ring (bicyclic) bond motifs is 1. The maximum absolute atomic E-state index is 12.3. The number of thioether (sulfide) groups is 1. The molecule has 30 heavy (non-hydrogen) atoms. The predicted molar refractivity (Wildman–Crippen MR) is 119 cm³/mol. The van der Waals surface area contributed by atoms with E-state index in [1.165, 1.54) is 18.7 Å². The lowest BCUT2D eigenvalue weighted by atomic mass is 10.2. The summed E-state index contributed by atoms with van der Waals surface area (Å²) in [6.07, 6.45) is 1.88. The average molecular weight is 417 g/mol. The van der Waals surface area contributed by atoms with Gasteiger partial charge in [-0.25, -0.2) is 9.50 Å². The molecule has 0 unspecified atom stereocenters. The second-order valence-corrected chi connectivity index (χ2v) is 7.56. The molecule has 0 aliphatic rings. The molecule has 2 aromatic carbocycles. The zero-order chi connectivity index (χ0) is 20.9.